The van der Waals surface area contributed by atoms with Crippen molar-refractivity contribution in [2.45, 2.75) is 17.5 Å². The van der Waals surface area contributed by atoms with Gasteiger partial charge in [0.2, 0.25) is 5.91 Å². The highest BCUT2D eigenvalue weighted by atomic mass is 32.2. The van der Waals surface area contributed by atoms with Gasteiger partial charge in [-0.1, -0.05) is 41.2 Å². The number of phenols is 1. The van der Waals surface area contributed by atoms with E-state index in [0.29, 0.717) is 22.4 Å². The number of carbonyl (C=O) groups excluding carboxylic acids is 1. The van der Waals surface area contributed by atoms with Crippen molar-refractivity contribution in [3.63, 3.8) is 0 Å². The third-order valence-electron chi connectivity index (χ3n) is 3.69. The fourth-order valence-electron chi connectivity index (χ4n) is 2.45. The number of anilines is 1. The molecule has 27 heavy (non-hydrogen) atoms. The van der Waals surface area contributed by atoms with E-state index in [4.69, 9.17) is 4.42 Å². The van der Waals surface area contributed by atoms with E-state index in [1.54, 1.807) is 24.4 Å². The Kier molecular flexibility index (Phi) is 4.75. The molecule has 1 amide bonds. The van der Waals surface area contributed by atoms with Gasteiger partial charge in [0.05, 0.1) is 11.4 Å². The Morgan fingerprint density at radius 2 is 2.00 bits per heavy atom. The fraction of sp³-hybridized carbons (Fsp3) is 0.111. The van der Waals surface area contributed by atoms with Crippen LogP contribution in [0.5, 0.6) is 5.75 Å². The highest BCUT2D eigenvalue weighted by molar-refractivity contribution is 7.98. The minimum atomic E-state index is -0.306. The number of aromatic hydroxyl groups is 1. The number of hydrogen-bond donors (Lipinski definition) is 2. The van der Waals surface area contributed by atoms with Gasteiger partial charge < -0.3 is 14.8 Å². The molecule has 2 heterocycles. The highest BCUT2D eigenvalue weighted by Gasteiger charge is 2.11. The molecule has 0 aliphatic heterocycles. The van der Waals surface area contributed by atoms with Crippen LogP contribution in [0.2, 0.25) is 0 Å². The van der Waals surface area contributed by atoms with Crippen molar-refractivity contribution in [3.8, 4) is 5.75 Å². The average Bonchev–Trinajstić information content (AvgIpc) is 3.28. The van der Waals surface area contributed by atoms with Crippen LogP contribution < -0.4 is 5.32 Å². The molecule has 2 N–H and O–H groups in total. The molecule has 0 fully saturated rings. The number of nitrogens with zero attached hydrogens (tertiary/aromatic N) is 4. The summed E-state index contributed by atoms with van der Waals surface area (Å²) in [5.41, 5.74) is 2.61. The van der Waals surface area contributed by atoms with Crippen LogP contribution in [0.4, 0.5) is 5.69 Å². The molecule has 2 aromatic carbocycles. The Bertz CT molecular complexity index is 1060. The molecule has 136 valence electrons. The molecule has 0 saturated heterocycles. The van der Waals surface area contributed by atoms with Crippen molar-refractivity contribution in [1.82, 2.24) is 20.0 Å². The zero-order valence-electron chi connectivity index (χ0n) is 14.1. The van der Waals surface area contributed by atoms with Crippen LogP contribution in [0.1, 0.15) is 5.69 Å². The van der Waals surface area contributed by atoms with Gasteiger partial charge in [-0.25, -0.2) is 9.67 Å². The normalized spacial score (nSPS) is 11.0. The number of fused-ring (bicyclic) bond motifs is 1. The Labute approximate surface area is 158 Å². The zero-order chi connectivity index (χ0) is 18.6. The summed E-state index contributed by atoms with van der Waals surface area (Å²) in [5, 5.41) is 20.9. The maximum absolute atomic E-state index is 12.1. The maximum atomic E-state index is 12.1. The number of para-hydroxylation sites is 4. The molecule has 4 aromatic rings. The summed E-state index contributed by atoms with van der Waals surface area (Å²) < 4.78 is 7.09. The van der Waals surface area contributed by atoms with Crippen molar-refractivity contribution in [2.75, 3.05) is 5.32 Å². The molecule has 9 heteroatoms. The van der Waals surface area contributed by atoms with E-state index >= 15 is 0 Å². The Morgan fingerprint density at radius 3 is 2.85 bits per heavy atom. The van der Waals surface area contributed by atoms with Crippen molar-refractivity contribution < 1.29 is 14.3 Å². The predicted molar refractivity (Wildman–Crippen MR) is 100 cm³/mol. The summed E-state index contributed by atoms with van der Waals surface area (Å²) in [4.78, 5) is 16.5. The third-order valence-corrected chi connectivity index (χ3v) is 4.55. The second-order valence-corrected chi connectivity index (χ2v) is 6.64. The van der Waals surface area contributed by atoms with E-state index in [2.05, 4.69) is 20.6 Å². The van der Waals surface area contributed by atoms with Crippen LogP contribution in [-0.4, -0.2) is 31.0 Å². The van der Waals surface area contributed by atoms with Crippen LogP contribution in [0.25, 0.3) is 11.1 Å². The number of aromatic nitrogens is 4. The lowest BCUT2D eigenvalue weighted by Gasteiger charge is -2.06. The number of thioether (sulfide) groups is 1. The van der Waals surface area contributed by atoms with E-state index in [1.807, 2.05) is 24.3 Å². The smallest absolute Gasteiger partial charge is 0.257 e. The second-order valence-electron chi connectivity index (χ2n) is 5.71. The molecule has 0 aliphatic carbocycles. The molecular formula is C18H15N5O3S. The SMILES string of the molecule is O=C(Cn1cc(CSc2nc3ccccc3o2)nn1)Nc1ccccc1O. The standard InChI is InChI=1S/C18H15N5O3S/c24-15-7-3-1-5-13(15)19-17(25)10-23-9-12(21-22-23)11-27-18-20-14-6-2-4-8-16(14)26-18/h1-9,24H,10-11H2,(H,19,25). The number of benzene rings is 2. The van der Waals surface area contributed by atoms with Gasteiger partial charge in [-0.15, -0.1) is 5.10 Å². The maximum Gasteiger partial charge on any atom is 0.257 e. The van der Waals surface area contributed by atoms with Gasteiger partial charge in [0.1, 0.15) is 17.8 Å². The molecule has 0 atom stereocenters. The minimum absolute atomic E-state index is 0.00507. The average molecular weight is 381 g/mol. The highest BCUT2D eigenvalue weighted by Crippen LogP contribution is 2.25. The predicted octanol–water partition coefficient (Wildman–Crippen LogP) is 3.06. The summed E-state index contributed by atoms with van der Waals surface area (Å²) >= 11 is 1.41. The summed E-state index contributed by atoms with van der Waals surface area (Å²) in [5.74, 6) is 0.230. The van der Waals surface area contributed by atoms with Gasteiger partial charge in [-0.2, -0.15) is 0 Å². The van der Waals surface area contributed by atoms with Crippen LogP contribution in [0, 0.1) is 0 Å². The fourth-order valence-corrected chi connectivity index (χ4v) is 3.16. The Morgan fingerprint density at radius 1 is 1.19 bits per heavy atom. The van der Waals surface area contributed by atoms with Gasteiger partial charge in [0.15, 0.2) is 5.58 Å². The molecule has 0 unspecified atom stereocenters. The zero-order valence-corrected chi connectivity index (χ0v) is 14.9. The van der Waals surface area contributed by atoms with E-state index < -0.39 is 0 Å². The van der Waals surface area contributed by atoms with Gasteiger partial charge in [0.25, 0.3) is 5.22 Å². The molecule has 4 rings (SSSR count). The lowest BCUT2D eigenvalue weighted by atomic mass is 10.3. The lowest BCUT2D eigenvalue weighted by molar-refractivity contribution is -0.116. The van der Waals surface area contributed by atoms with Crippen molar-refractivity contribution in [3.05, 3.63) is 60.4 Å². The third kappa shape index (κ3) is 4.09. The number of oxazole rings is 1. The van der Waals surface area contributed by atoms with Crippen molar-refractivity contribution >= 4 is 34.5 Å². The number of hydrogen-bond acceptors (Lipinski definition) is 7. The second kappa shape index (κ2) is 7.50. The lowest BCUT2D eigenvalue weighted by Crippen LogP contribution is -2.19. The first-order chi connectivity index (χ1) is 13.2. The van der Waals surface area contributed by atoms with Crippen molar-refractivity contribution in [2.24, 2.45) is 0 Å². The monoisotopic (exact) mass is 381 g/mol. The first-order valence-electron chi connectivity index (χ1n) is 8.12. The van der Waals surface area contributed by atoms with Gasteiger partial charge in [-0.05, 0) is 24.3 Å². The van der Waals surface area contributed by atoms with E-state index in [-0.39, 0.29) is 18.2 Å². The largest absolute Gasteiger partial charge is 0.506 e. The summed E-state index contributed by atoms with van der Waals surface area (Å²) in [6.45, 7) is -0.00507. The van der Waals surface area contributed by atoms with E-state index in [9.17, 15) is 9.90 Å². The molecule has 0 spiro atoms. The molecule has 8 nitrogen and oxygen atoms in total. The quantitative estimate of drug-likeness (QED) is 0.390. The molecular weight excluding hydrogens is 366 g/mol. The molecule has 0 radical (unpaired) electrons. The first kappa shape index (κ1) is 17.1. The number of phenolic OH excluding ortho intramolecular Hbond substituents is 1. The summed E-state index contributed by atoms with van der Waals surface area (Å²) in [6, 6.07) is 14.1. The van der Waals surface area contributed by atoms with Gasteiger partial charge in [0, 0.05) is 11.9 Å². The van der Waals surface area contributed by atoms with Crippen molar-refractivity contribution in [1.29, 1.82) is 0 Å². The first-order valence-corrected chi connectivity index (χ1v) is 9.11. The van der Waals surface area contributed by atoms with Crippen LogP contribution >= 0.6 is 11.8 Å². The summed E-state index contributed by atoms with van der Waals surface area (Å²) in [7, 11) is 0. The Balaban J connectivity index is 1.34. The topological polar surface area (TPSA) is 106 Å². The van der Waals surface area contributed by atoms with Crippen LogP contribution in [0.15, 0.2) is 64.4 Å². The number of carbonyl (C=O) groups is 1. The molecule has 0 aliphatic rings. The van der Waals surface area contributed by atoms with Gasteiger partial charge >= 0.3 is 0 Å². The van der Waals surface area contributed by atoms with E-state index in [0.717, 1.165) is 11.1 Å². The Hall–Kier alpha value is -3.33. The van der Waals surface area contributed by atoms with Crippen LogP contribution in [-0.2, 0) is 17.1 Å². The molecule has 2 aromatic heterocycles. The minimum Gasteiger partial charge on any atom is -0.506 e. The molecule has 0 saturated carbocycles. The van der Waals surface area contributed by atoms with Gasteiger partial charge in [-0.3, -0.25) is 4.79 Å². The number of nitrogens with one attached hydrogen (secondary N) is 1. The van der Waals surface area contributed by atoms with E-state index in [1.165, 1.54) is 22.5 Å². The van der Waals surface area contributed by atoms with Crippen LogP contribution in [0.3, 0.4) is 0 Å². The summed E-state index contributed by atoms with van der Waals surface area (Å²) in [6.07, 6.45) is 1.69. The number of rotatable bonds is 6. The molecule has 0 bridgehead atoms. The number of amides is 1.